The van der Waals surface area contributed by atoms with E-state index in [9.17, 15) is 0 Å². The predicted molar refractivity (Wildman–Crippen MR) is 33.1 cm³/mol. The third kappa shape index (κ3) is 5.59. The number of hydrogen-bond donors (Lipinski definition) is 0. The molecular weight excluding hydrogens is 108 g/mol. The first-order valence-electron chi connectivity index (χ1n) is 2.04. The molecule has 0 nitrogen and oxygen atoms in total. The van der Waals surface area contributed by atoms with Gasteiger partial charge in [-0.3, -0.25) is 0 Å². The van der Waals surface area contributed by atoms with Crippen LogP contribution in [0.25, 0.3) is 0 Å². The molecule has 0 rings (SSSR count). The van der Waals surface area contributed by atoms with Crippen molar-refractivity contribution >= 4 is 11.6 Å². The summed E-state index contributed by atoms with van der Waals surface area (Å²) in [6.07, 6.45) is 6.36. The second-order valence-corrected chi connectivity index (χ2v) is 1.76. The van der Waals surface area contributed by atoms with E-state index in [-0.39, 0.29) is 0 Å². The zero-order valence-electron chi connectivity index (χ0n) is 4.08. The monoisotopic (exact) mass is 114 g/mol. The summed E-state index contributed by atoms with van der Waals surface area (Å²) in [7, 11) is 0. The van der Waals surface area contributed by atoms with E-state index >= 15 is 0 Å². The molecule has 0 amide bonds. The van der Waals surface area contributed by atoms with Crippen molar-refractivity contribution in [1.82, 2.24) is 0 Å². The fourth-order valence-corrected chi connectivity index (χ4v) is 0.302. The molecule has 0 spiro atoms. The molecule has 0 aromatic heterocycles. The maximum absolute atomic E-state index is 5.37. The topological polar surface area (TPSA) is 0 Å². The van der Waals surface area contributed by atoms with Crippen molar-refractivity contribution in [2.75, 3.05) is 0 Å². The van der Waals surface area contributed by atoms with E-state index in [1.54, 1.807) is 0 Å². The standard InChI is InChI=1S/C6H7Cl/c1-3-4-5-6(2)7/h1H,2,4-5H2. The fraction of sp³-hybridized carbons (Fsp3) is 0.333. The lowest BCUT2D eigenvalue weighted by molar-refractivity contribution is 1.07. The van der Waals surface area contributed by atoms with Gasteiger partial charge in [-0.2, -0.15) is 0 Å². The minimum Gasteiger partial charge on any atom is -0.120 e. The summed E-state index contributed by atoms with van der Waals surface area (Å²) in [5.74, 6) is 2.45. The Morgan fingerprint density at radius 1 is 1.86 bits per heavy atom. The number of hydrogen-bond acceptors (Lipinski definition) is 0. The smallest absolute Gasteiger partial charge is 0.0135 e. The fourth-order valence-electron chi connectivity index (χ4n) is 0.208. The first-order chi connectivity index (χ1) is 3.27. The van der Waals surface area contributed by atoms with Gasteiger partial charge in [-0.25, -0.2) is 0 Å². The summed E-state index contributed by atoms with van der Waals surface area (Å²) in [4.78, 5) is 0. The number of terminal acetylenes is 1. The van der Waals surface area contributed by atoms with Crippen LogP contribution in [0, 0.1) is 12.3 Å². The van der Waals surface area contributed by atoms with Gasteiger partial charge in [0.05, 0.1) is 0 Å². The van der Waals surface area contributed by atoms with E-state index < -0.39 is 0 Å². The Hall–Kier alpha value is -0.410. The van der Waals surface area contributed by atoms with Crippen LogP contribution in [-0.4, -0.2) is 0 Å². The molecule has 0 aromatic rings. The zero-order valence-corrected chi connectivity index (χ0v) is 4.83. The highest BCUT2D eigenvalue weighted by molar-refractivity contribution is 6.29. The normalized spacial score (nSPS) is 7.43. The Kier molecular flexibility index (Phi) is 3.55. The second-order valence-electron chi connectivity index (χ2n) is 1.22. The third-order valence-corrected chi connectivity index (χ3v) is 0.730. The lowest BCUT2D eigenvalue weighted by Crippen LogP contribution is -1.66. The Bertz CT molecular complexity index is 97.2. The van der Waals surface area contributed by atoms with E-state index in [0.717, 1.165) is 6.42 Å². The average Bonchev–Trinajstić information content (AvgIpc) is 1.61. The molecule has 0 atom stereocenters. The summed E-state index contributed by atoms with van der Waals surface area (Å²) in [5, 5.41) is 0.637. The molecule has 0 N–H and O–H groups in total. The van der Waals surface area contributed by atoms with Gasteiger partial charge in [0.2, 0.25) is 0 Å². The molecule has 0 fully saturated rings. The average molecular weight is 115 g/mol. The van der Waals surface area contributed by atoms with Crippen molar-refractivity contribution in [3.05, 3.63) is 11.6 Å². The molecule has 0 saturated carbocycles. The van der Waals surface area contributed by atoms with Crippen LogP contribution in [0.4, 0.5) is 0 Å². The molecule has 0 aliphatic rings. The molecule has 0 heterocycles. The lowest BCUT2D eigenvalue weighted by atomic mass is 10.3. The van der Waals surface area contributed by atoms with Crippen LogP contribution < -0.4 is 0 Å². The molecule has 0 bridgehead atoms. The number of halogens is 1. The van der Waals surface area contributed by atoms with E-state index in [2.05, 4.69) is 12.5 Å². The molecule has 1 heteroatoms. The van der Waals surface area contributed by atoms with E-state index in [1.165, 1.54) is 0 Å². The highest BCUT2D eigenvalue weighted by Gasteiger charge is 1.81. The van der Waals surface area contributed by atoms with Crippen molar-refractivity contribution in [3.8, 4) is 12.3 Å². The molecule has 0 aliphatic heterocycles. The van der Waals surface area contributed by atoms with Gasteiger partial charge in [0.1, 0.15) is 0 Å². The van der Waals surface area contributed by atoms with Crippen molar-refractivity contribution in [3.63, 3.8) is 0 Å². The maximum atomic E-state index is 5.37. The van der Waals surface area contributed by atoms with Gasteiger partial charge in [-0.15, -0.1) is 12.3 Å². The van der Waals surface area contributed by atoms with Gasteiger partial charge in [-0.1, -0.05) is 18.2 Å². The summed E-state index contributed by atoms with van der Waals surface area (Å²) >= 11 is 5.37. The van der Waals surface area contributed by atoms with Crippen molar-refractivity contribution < 1.29 is 0 Å². The second kappa shape index (κ2) is 3.77. The van der Waals surface area contributed by atoms with E-state index in [0.29, 0.717) is 11.5 Å². The van der Waals surface area contributed by atoms with Crippen LogP contribution in [0.1, 0.15) is 12.8 Å². The Morgan fingerprint density at radius 2 is 2.43 bits per heavy atom. The Balaban J connectivity index is 3.02. The molecule has 38 valence electrons. The minimum atomic E-state index is 0.637. The minimum absolute atomic E-state index is 0.637. The van der Waals surface area contributed by atoms with Crippen LogP contribution >= 0.6 is 11.6 Å². The van der Waals surface area contributed by atoms with Gasteiger partial charge in [0.25, 0.3) is 0 Å². The summed E-state index contributed by atoms with van der Waals surface area (Å²) in [6.45, 7) is 3.46. The Labute approximate surface area is 49.2 Å². The van der Waals surface area contributed by atoms with Crippen LogP contribution in [-0.2, 0) is 0 Å². The van der Waals surface area contributed by atoms with E-state index in [1.807, 2.05) is 0 Å². The number of allylic oxidation sites excluding steroid dienone is 1. The highest BCUT2D eigenvalue weighted by atomic mass is 35.5. The van der Waals surface area contributed by atoms with Gasteiger partial charge >= 0.3 is 0 Å². The first-order valence-corrected chi connectivity index (χ1v) is 2.42. The van der Waals surface area contributed by atoms with E-state index in [4.69, 9.17) is 18.0 Å². The predicted octanol–water partition coefficient (Wildman–Crippen LogP) is 2.15. The quantitative estimate of drug-likeness (QED) is 0.483. The molecule has 0 unspecified atom stereocenters. The van der Waals surface area contributed by atoms with Crippen LogP contribution in [0.3, 0.4) is 0 Å². The molecule has 0 saturated heterocycles. The maximum Gasteiger partial charge on any atom is 0.0135 e. The van der Waals surface area contributed by atoms with Crippen molar-refractivity contribution in [2.24, 2.45) is 0 Å². The first kappa shape index (κ1) is 6.59. The third-order valence-electron chi connectivity index (χ3n) is 0.541. The van der Waals surface area contributed by atoms with Crippen molar-refractivity contribution in [2.45, 2.75) is 12.8 Å². The molecule has 0 aliphatic carbocycles. The van der Waals surface area contributed by atoms with Crippen LogP contribution in [0.2, 0.25) is 0 Å². The molecule has 7 heavy (non-hydrogen) atoms. The Morgan fingerprint density at radius 3 is 2.57 bits per heavy atom. The van der Waals surface area contributed by atoms with Crippen LogP contribution in [0.15, 0.2) is 11.6 Å². The molecule has 0 radical (unpaired) electrons. The largest absolute Gasteiger partial charge is 0.120 e. The summed E-state index contributed by atoms with van der Waals surface area (Å²) in [6, 6.07) is 0. The summed E-state index contributed by atoms with van der Waals surface area (Å²) in [5.41, 5.74) is 0. The molecule has 0 aromatic carbocycles. The van der Waals surface area contributed by atoms with Gasteiger partial charge in [-0.05, 0) is 6.42 Å². The number of rotatable bonds is 2. The lowest BCUT2D eigenvalue weighted by Gasteiger charge is -1.84. The zero-order chi connectivity index (χ0) is 5.70. The van der Waals surface area contributed by atoms with Gasteiger partial charge in [0.15, 0.2) is 0 Å². The van der Waals surface area contributed by atoms with Crippen LogP contribution in [0.5, 0.6) is 0 Å². The summed E-state index contributed by atoms with van der Waals surface area (Å²) < 4.78 is 0. The van der Waals surface area contributed by atoms with Gasteiger partial charge < -0.3 is 0 Å². The van der Waals surface area contributed by atoms with Gasteiger partial charge in [0, 0.05) is 11.5 Å². The van der Waals surface area contributed by atoms with Crippen molar-refractivity contribution in [1.29, 1.82) is 0 Å². The SMILES string of the molecule is C#CCCC(=C)Cl. The molecular formula is C6H7Cl. The highest BCUT2D eigenvalue weighted by Crippen LogP contribution is 2.04.